The lowest BCUT2D eigenvalue weighted by Crippen LogP contribution is -1.95. The quantitative estimate of drug-likeness (QED) is 0.821. The Morgan fingerprint density at radius 2 is 1.54 bits per heavy atom. The van der Waals surface area contributed by atoms with Crippen molar-refractivity contribution >= 4 is 15.9 Å². The minimum atomic E-state index is 0.597. The predicted octanol–water partition coefficient (Wildman–Crippen LogP) is 2.47. The van der Waals surface area contributed by atoms with Gasteiger partial charge in [0.15, 0.2) is 11.5 Å². The van der Waals surface area contributed by atoms with Crippen molar-refractivity contribution in [3.8, 4) is 17.2 Å². The van der Waals surface area contributed by atoms with Crippen LogP contribution in [0.5, 0.6) is 17.2 Å². The average molecular weight is 247 g/mol. The van der Waals surface area contributed by atoms with Gasteiger partial charge in [-0.2, -0.15) is 0 Å². The molecule has 0 aromatic heterocycles. The van der Waals surface area contributed by atoms with E-state index in [0.717, 1.165) is 4.47 Å². The molecule has 0 spiro atoms. The maximum Gasteiger partial charge on any atom is 0.204 e. The molecule has 3 nitrogen and oxygen atoms in total. The monoisotopic (exact) mass is 246 g/mol. The summed E-state index contributed by atoms with van der Waals surface area (Å²) in [6.45, 7) is 0. The second kappa shape index (κ2) is 4.37. The van der Waals surface area contributed by atoms with Crippen molar-refractivity contribution in [1.29, 1.82) is 0 Å². The van der Waals surface area contributed by atoms with Crippen LogP contribution in [-0.4, -0.2) is 21.3 Å². The van der Waals surface area contributed by atoms with E-state index in [2.05, 4.69) is 15.9 Å². The summed E-state index contributed by atoms with van der Waals surface area (Å²) in [6.07, 6.45) is 0. The standard InChI is InChI=1S/C9H11BrO3/c1-11-7-5-4-6(10)8(12-2)9(7)13-3/h4-5H,1-3H3. The summed E-state index contributed by atoms with van der Waals surface area (Å²) < 4.78 is 16.3. The Labute approximate surface area is 85.7 Å². The molecule has 0 fully saturated rings. The van der Waals surface area contributed by atoms with E-state index >= 15 is 0 Å². The molecule has 0 bridgehead atoms. The summed E-state index contributed by atoms with van der Waals surface area (Å²) >= 11 is 3.35. The highest BCUT2D eigenvalue weighted by Crippen LogP contribution is 2.41. The van der Waals surface area contributed by atoms with Gasteiger partial charge in [0.2, 0.25) is 5.75 Å². The fraction of sp³-hybridized carbons (Fsp3) is 0.333. The molecule has 0 saturated heterocycles. The number of hydrogen-bond donors (Lipinski definition) is 0. The highest BCUT2D eigenvalue weighted by Gasteiger charge is 2.13. The Morgan fingerprint density at radius 1 is 0.923 bits per heavy atom. The van der Waals surface area contributed by atoms with Crippen molar-refractivity contribution in [3.63, 3.8) is 0 Å². The van der Waals surface area contributed by atoms with Gasteiger partial charge in [0.05, 0.1) is 25.8 Å². The molecule has 0 radical (unpaired) electrons. The number of halogens is 1. The van der Waals surface area contributed by atoms with Crippen LogP contribution in [0.2, 0.25) is 0 Å². The highest BCUT2D eigenvalue weighted by atomic mass is 79.9. The van der Waals surface area contributed by atoms with Gasteiger partial charge in [0.25, 0.3) is 0 Å². The van der Waals surface area contributed by atoms with Crippen LogP contribution in [0, 0.1) is 0 Å². The van der Waals surface area contributed by atoms with Gasteiger partial charge < -0.3 is 14.2 Å². The molecule has 4 heteroatoms. The Bertz CT molecular complexity index is 299. The molecule has 0 amide bonds. The first-order valence-corrected chi connectivity index (χ1v) is 4.48. The zero-order valence-electron chi connectivity index (χ0n) is 7.76. The lowest BCUT2D eigenvalue weighted by molar-refractivity contribution is 0.323. The fourth-order valence-electron chi connectivity index (χ4n) is 1.06. The maximum atomic E-state index is 5.16. The molecule has 0 heterocycles. The van der Waals surface area contributed by atoms with Crippen molar-refractivity contribution in [3.05, 3.63) is 16.6 Å². The topological polar surface area (TPSA) is 27.7 Å². The van der Waals surface area contributed by atoms with Gasteiger partial charge >= 0.3 is 0 Å². The number of ether oxygens (including phenoxy) is 3. The summed E-state index contributed by atoms with van der Waals surface area (Å²) in [7, 11) is 4.75. The summed E-state index contributed by atoms with van der Waals surface area (Å²) in [4.78, 5) is 0. The maximum absolute atomic E-state index is 5.16. The van der Waals surface area contributed by atoms with Gasteiger partial charge in [0.1, 0.15) is 0 Å². The van der Waals surface area contributed by atoms with E-state index in [1.807, 2.05) is 12.1 Å². The molecule has 1 aromatic carbocycles. The van der Waals surface area contributed by atoms with Gasteiger partial charge in [-0.05, 0) is 28.1 Å². The number of hydrogen-bond acceptors (Lipinski definition) is 3. The normalized spacial score (nSPS) is 9.54. The molecule has 0 atom stereocenters. The first-order chi connectivity index (χ1) is 6.24. The second-order valence-electron chi connectivity index (χ2n) is 2.32. The Kier molecular flexibility index (Phi) is 3.42. The largest absolute Gasteiger partial charge is 0.493 e. The minimum absolute atomic E-state index is 0.597. The van der Waals surface area contributed by atoms with E-state index in [-0.39, 0.29) is 0 Å². The van der Waals surface area contributed by atoms with Crippen LogP contribution >= 0.6 is 15.9 Å². The Morgan fingerprint density at radius 3 is 2.00 bits per heavy atom. The van der Waals surface area contributed by atoms with Crippen LogP contribution in [0.1, 0.15) is 0 Å². The molecule has 0 aliphatic heterocycles. The molecule has 0 saturated carbocycles. The molecule has 72 valence electrons. The molecular weight excluding hydrogens is 236 g/mol. The number of methoxy groups -OCH3 is 3. The van der Waals surface area contributed by atoms with E-state index in [9.17, 15) is 0 Å². The first-order valence-electron chi connectivity index (χ1n) is 3.69. The zero-order chi connectivity index (χ0) is 9.84. The summed E-state index contributed by atoms with van der Waals surface area (Å²) in [5, 5.41) is 0. The Balaban J connectivity index is 3.27. The third kappa shape index (κ3) is 1.88. The molecule has 1 rings (SSSR count). The van der Waals surface area contributed by atoms with E-state index in [0.29, 0.717) is 17.2 Å². The number of rotatable bonds is 3. The molecular formula is C9H11BrO3. The van der Waals surface area contributed by atoms with Crippen molar-refractivity contribution < 1.29 is 14.2 Å². The summed E-state index contributed by atoms with van der Waals surface area (Å²) in [5.74, 6) is 1.89. The van der Waals surface area contributed by atoms with Crippen LogP contribution in [0.3, 0.4) is 0 Å². The minimum Gasteiger partial charge on any atom is -0.493 e. The van der Waals surface area contributed by atoms with Crippen molar-refractivity contribution in [2.24, 2.45) is 0 Å². The highest BCUT2D eigenvalue weighted by molar-refractivity contribution is 9.10. The summed E-state index contributed by atoms with van der Waals surface area (Å²) in [5.41, 5.74) is 0. The van der Waals surface area contributed by atoms with Crippen molar-refractivity contribution in [2.45, 2.75) is 0 Å². The predicted molar refractivity (Wildman–Crippen MR) is 53.8 cm³/mol. The van der Waals surface area contributed by atoms with Gasteiger partial charge in [0, 0.05) is 0 Å². The van der Waals surface area contributed by atoms with Crippen LogP contribution in [-0.2, 0) is 0 Å². The van der Waals surface area contributed by atoms with Crippen molar-refractivity contribution in [1.82, 2.24) is 0 Å². The molecule has 1 aromatic rings. The van der Waals surface area contributed by atoms with Gasteiger partial charge in [-0.15, -0.1) is 0 Å². The molecule has 0 aliphatic carbocycles. The smallest absolute Gasteiger partial charge is 0.204 e. The van der Waals surface area contributed by atoms with Gasteiger partial charge in [-0.25, -0.2) is 0 Å². The zero-order valence-corrected chi connectivity index (χ0v) is 9.34. The molecule has 13 heavy (non-hydrogen) atoms. The second-order valence-corrected chi connectivity index (χ2v) is 3.17. The Hall–Kier alpha value is -0.900. The van der Waals surface area contributed by atoms with E-state index in [1.165, 1.54) is 0 Å². The van der Waals surface area contributed by atoms with E-state index in [4.69, 9.17) is 14.2 Å². The van der Waals surface area contributed by atoms with Gasteiger partial charge in [-0.1, -0.05) is 0 Å². The van der Waals surface area contributed by atoms with E-state index in [1.54, 1.807) is 21.3 Å². The van der Waals surface area contributed by atoms with E-state index < -0.39 is 0 Å². The fourth-order valence-corrected chi connectivity index (χ4v) is 1.54. The van der Waals surface area contributed by atoms with Crippen LogP contribution < -0.4 is 14.2 Å². The SMILES string of the molecule is COc1ccc(Br)c(OC)c1OC. The molecule has 0 N–H and O–H groups in total. The third-order valence-electron chi connectivity index (χ3n) is 1.66. The first kappa shape index (κ1) is 10.2. The molecule has 0 unspecified atom stereocenters. The lowest BCUT2D eigenvalue weighted by Gasteiger charge is -2.12. The van der Waals surface area contributed by atoms with Crippen molar-refractivity contribution in [2.75, 3.05) is 21.3 Å². The van der Waals surface area contributed by atoms with Crippen LogP contribution in [0.4, 0.5) is 0 Å². The van der Waals surface area contributed by atoms with Crippen LogP contribution in [0.15, 0.2) is 16.6 Å². The average Bonchev–Trinajstić information content (AvgIpc) is 2.17. The molecule has 0 aliphatic rings. The summed E-state index contributed by atoms with van der Waals surface area (Å²) in [6, 6.07) is 3.66. The lowest BCUT2D eigenvalue weighted by atomic mass is 10.3. The van der Waals surface area contributed by atoms with Gasteiger partial charge in [-0.3, -0.25) is 0 Å². The third-order valence-corrected chi connectivity index (χ3v) is 2.28. The number of benzene rings is 1. The van der Waals surface area contributed by atoms with Crippen LogP contribution in [0.25, 0.3) is 0 Å².